The normalized spacial score (nSPS) is 10.9. The summed E-state index contributed by atoms with van der Waals surface area (Å²) in [5, 5.41) is 9.67. The van der Waals surface area contributed by atoms with E-state index in [4.69, 9.17) is 4.98 Å². The Balaban J connectivity index is 1.64. The summed E-state index contributed by atoms with van der Waals surface area (Å²) in [6.45, 7) is 2.09. The minimum absolute atomic E-state index is 0.0747. The molecule has 0 spiro atoms. The van der Waals surface area contributed by atoms with Crippen LogP contribution in [-0.4, -0.2) is 19.6 Å². The van der Waals surface area contributed by atoms with Gasteiger partial charge in [-0.15, -0.1) is 0 Å². The second-order valence-electron chi connectivity index (χ2n) is 8.08. The van der Waals surface area contributed by atoms with Crippen LogP contribution in [0.15, 0.2) is 89.9 Å². The molecule has 0 amide bonds. The molecule has 0 atom stereocenters. The van der Waals surface area contributed by atoms with Crippen LogP contribution in [0.3, 0.4) is 0 Å². The van der Waals surface area contributed by atoms with Crippen LogP contribution >= 0.6 is 0 Å². The first-order chi connectivity index (χ1) is 15.6. The first-order valence-corrected chi connectivity index (χ1v) is 14.6. The molecule has 0 saturated heterocycles. The van der Waals surface area contributed by atoms with Crippen molar-refractivity contribution in [1.29, 1.82) is 0 Å². The third-order valence-corrected chi connectivity index (χ3v) is 10.6. The van der Waals surface area contributed by atoms with Crippen molar-refractivity contribution in [2.75, 3.05) is 0 Å². The van der Waals surface area contributed by atoms with Crippen LogP contribution in [0.2, 0.25) is 0 Å². The number of hydrogen-bond donors (Lipinski definition) is 2. The zero-order chi connectivity index (χ0) is 22.1. The monoisotopic (exact) mass is 521 g/mol. The van der Waals surface area contributed by atoms with Crippen molar-refractivity contribution in [2.24, 2.45) is 0 Å². The Morgan fingerprint density at radius 2 is 1.69 bits per heavy atom. The maximum absolute atomic E-state index is 13.3. The van der Waals surface area contributed by atoms with Crippen LogP contribution in [0.1, 0.15) is 16.8 Å². The summed E-state index contributed by atoms with van der Waals surface area (Å²) >= 11 is -1.69. The van der Waals surface area contributed by atoms with Gasteiger partial charge in [-0.1, -0.05) is 0 Å². The average Bonchev–Trinajstić information content (AvgIpc) is 3.12. The van der Waals surface area contributed by atoms with Crippen LogP contribution < -0.4 is 11.9 Å². The van der Waals surface area contributed by atoms with Crippen molar-refractivity contribution in [3.05, 3.63) is 112 Å². The van der Waals surface area contributed by atoms with Crippen LogP contribution in [0.4, 0.5) is 0 Å². The first-order valence-electron chi connectivity index (χ1n) is 10.6. The summed E-state index contributed by atoms with van der Waals surface area (Å²) in [5.74, 6) is 0.950. The Labute approximate surface area is 198 Å². The van der Waals surface area contributed by atoms with Crippen molar-refractivity contribution < 1.29 is 29.3 Å². The summed E-state index contributed by atoms with van der Waals surface area (Å²) in [6.07, 6.45) is 2.34. The number of H-pyrrole nitrogens is 1. The van der Waals surface area contributed by atoms with Gasteiger partial charge in [-0.25, -0.2) is 0 Å². The molecule has 32 heavy (non-hydrogen) atoms. The second kappa shape index (κ2) is 8.74. The third-order valence-electron chi connectivity index (χ3n) is 5.64. The van der Waals surface area contributed by atoms with E-state index in [1.807, 2.05) is 48.7 Å². The molecule has 0 bridgehead atoms. The summed E-state index contributed by atoms with van der Waals surface area (Å²) in [5.41, 5.74) is 4.55. The fraction of sp³-hybridized carbons (Fsp3) is 0.0769. The van der Waals surface area contributed by atoms with Crippen LogP contribution in [-0.2, 0) is 30.7 Å². The topological polar surface area (TPSA) is 70.9 Å². The van der Waals surface area contributed by atoms with E-state index in [1.54, 1.807) is 16.7 Å². The third kappa shape index (κ3) is 4.25. The number of fused-ring (bicyclic) bond motifs is 1. The average molecular weight is 520 g/mol. The molecule has 154 valence electrons. The predicted molar refractivity (Wildman–Crippen MR) is 122 cm³/mol. The Hall–Kier alpha value is -3.20. The number of nitrogens with one attached hydrogen (secondary N) is 1. The molecule has 0 fully saturated rings. The molecule has 0 radical (unpaired) electrons. The summed E-state index contributed by atoms with van der Waals surface area (Å²) in [7, 11) is 0. The van der Waals surface area contributed by atoms with Crippen molar-refractivity contribution >= 4 is 6.38 Å². The summed E-state index contributed by atoms with van der Waals surface area (Å²) in [4.78, 5) is 21.7. The van der Waals surface area contributed by atoms with Gasteiger partial charge in [-0.05, 0) is 0 Å². The van der Waals surface area contributed by atoms with Crippen molar-refractivity contribution in [3.8, 4) is 22.8 Å². The van der Waals surface area contributed by atoms with Gasteiger partial charge >= 0.3 is 199 Å². The van der Waals surface area contributed by atoms with E-state index >= 15 is 0 Å². The number of rotatable bonds is 5. The van der Waals surface area contributed by atoms with E-state index in [2.05, 4.69) is 36.2 Å². The molecular formula is C26H21CdN3O2. The van der Waals surface area contributed by atoms with Crippen molar-refractivity contribution in [3.63, 3.8) is 0 Å². The quantitative estimate of drug-likeness (QED) is 0.350. The molecule has 0 saturated carbocycles. The van der Waals surface area contributed by atoms with Crippen LogP contribution in [0, 0.1) is 6.92 Å². The fourth-order valence-corrected chi connectivity index (χ4v) is 8.37. The van der Waals surface area contributed by atoms with E-state index < -0.39 is 24.2 Å². The number of aromatic hydroxyl groups is 1. The maximum atomic E-state index is 13.3. The number of aromatic amines is 1. The minimum atomic E-state index is -1.69. The number of imidazole rings is 1. The fourth-order valence-electron chi connectivity index (χ4n) is 3.90. The Morgan fingerprint density at radius 3 is 2.41 bits per heavy atom. The van der Waals surface area contributed by atoms with Gasteiger partial charge in [0.05, 0.1) is 0 Å². The molecule has 0 unspecified atom stereocenters. The molecule has 2 aliphatic heterocycles. The zero-order valence-corrected chi connectivity index (χ0v) is 21.8. The van der Waals surface area contributed by atoms with Gasteiger partial charge in [-0.2, -0.15) is 0 Å². The van der Waals surface area contributed by atoms with E-state index in [0.29, 0.717) is 12.1 Å². The molecule has 0 aliphatic carbocycles. The molecule has 6 heteroatoms. The van der Waals surface area contributed by atoms with Crippen molar-refractivity contribution in [2.45, 2.75) is 13.3 Å². The Morgan fingerprint density at radius 1 is 0.969 bits per heavy atom. The van der Waals surface area contributed by atoms with Crippen LogP contribution in [0.5, 0.6) is 5.75 Å². The standard InChI is InChI=1S/C19H14N3O2.C7H7.Cd/c23-15-8-6-14(7-9-15)17-12-22-18(11-20-17)21-16(19(22)24)10-13-4-2-1-3-5-13;1-7-5-3-2-4-6-7;/h1-9,12,20,23H,10H2;3-6H,1H3;. The SMILES string of the molecule is Cc1cc[c]([Cd][c]2[nH]c(-c3ccc(O)cc3)cn3c(=O)c(Cc4ccccc4)nc2-3)cc1. The molecule has 2 aliphatic rings. The number of phenolic OH excluding ortho intramolecular Hbond substituents is 1. The number of aryl methyl sites for hydroxylation is 1. The number of hydrogen-bond acceptors (Lipinski definition) is 3. The van der Waals surface area contributed by atoms with Gasteiger partial charge in [0.25, 0.3) is 0 Å². The van der Waals surface area contributed by atoms with E-state index in [0.717, 1.165) is 25.9 Å². The predicted octanol–water partition coefficient (Wildman–Crippen LogP) is 3.30. The molecule has 0 aromatic heterocycles. The van der Waals surface area contributed by atoms with Gasteiger partial charge < -0.3 is 0 Å². The Bertz CT molecular complexity index is 1390. The van der Waals surface area contributed by atoms with Gasteiger partial charge in [0.2, 0.25) is 0 Å². The van der Waals surface area contributed by atoms with Gasteiger partial charge in [-0.3, -0.25) is 0 Å². The van der Waals surface area contributed by atoms with Gasteiger partial charge in [0.1, 0.15) is 0 Å². The molecule has 3 aromatic carbocycles. The molecule has 3 aromatic rings. The number of aromatic nitrogens is 3. The van der Waals surface area contributed by atoms with E-state index in [9.17, 15) is 9.90 Å². The van der Waals surface area contributed by atoms with E-state index in [-0.39, 0.29) is 11.3 Å². The number of benzene rings is 3. The van der Waals surface area contributed by atoms with Crippen molar-refractivity contribution in [1.82, 2.24) is 14.5 Å². The molecule has 2 N–H and O–H groups in total. The first kappa shape index (κ1) is 20.7. The zero-order valence-electron chi connectivity index (χ0n) is 17.7. The number of phenols is 1. The van der Waals surface area contributed by atoms with E-state index in [1.165, 1.54) is 8.69 Å². The molecule has 2 heterocycles. The summed E-state index contributed by atoms with van der Waals surface area (Å²) < 4.78 is 4.12. The van der Waals surface area contributed by atoms with Gasteiger partial charge in [0, 0.05) is 0 Å². The number of nitrogens with zero attached hydrogens (tertiary/aromatic N) is 2. The Kier molecular flexibility index (Phi) is 5.65. The summed E-state index contributed by atoms with van der Waals surface area (Å²) in [6, 6.07) is 25.6. The molecule has 5 rings (SSSR count). The second-order valence-corrected chi connectivity index (χ2v) is 13.4. The van der Waals surface area contributed by atoms with Crippen LogP contribution in [0.25, 0.3) is 17.1 Å². The molecule has 5 nitrogen and oxygen atoms in total. The van der Waals surface area contributed by atoms with Gasteiger partial charge in [0.15, 0.2) is 0 Å². The molecular weight excluding hydrogens is 499 g/mol.